The van der Waals surface area contributed by atoms with Crippen LogP contribution in [0.15, 0.2) is 30.3 Å². The highest BCUT2D eigenvalue weighted by Gasteiger charge is 2.20. The first-order valence-electron chi connectivity index (χ1n) is 7.19. The minimum absolute atomic E-state index is 0.0271. The molecule has 1 aromatic carbocycles. The molecule has 1 unspecified atom stereocenters. The average Bonchev–Trinajstić information content (AvgIpc) is 2.74. The summed E-state index contributed by atoms with van der Waals surface area (Å²) >= 11 is 0. The predicted molar refractivity (Wildman–Crippen MR) is 84.1 cm³/mol. The van der Waals surface area contributed by atoms with Crippen molar-refractivity contribution in [2.24, 2.45) is 7.05 Å². The number of hydrogen-bond donors (Lipinski definition) is 2. The molecule has 2 rings (SSSR count). The number of nitrogen functional groups attached to an aromatic ring is 1. The van der Waals surface area contributed by atoms with Crippen LogP contribution in [0.3, 0.4) is 0 Å². The van der Waals surface area contributed by atoms with Gasteiger partial charge in [0.1, 0.15) is 5.69 Å². The van der Waals surface area contributed by atoms with E-state index in [1.165, 1.54) is 5.56 Å². The zero-order chi connectivity index (χ0) is 15.4. The molecular formula is C16H22N4O. The van der Waals surface area contributed by atoms with Crippen molar-refractivity contribution in [2.75, 3.05) is 5.73 Å². The van der Waals surface area contributed by atoms with Gasteiger partial charge in [-0.3, -0.25) is 9.48 Å². The third kappa shape index (κ3) is 3.42. The number of amides is 1. The van der Waals surface area contributed by atoms with Crippen LogP contribution in [0.1, 0.15) is 35.6 Å². The van der Waals surface area contributed by atoms with Crippen molar-refractivity contribution in [2.45, 2.75) is 32.7 Å². The molecule has 2 aromatic rings. The third-order valence-electron chi connectivity index (χ3n) is 3.47. The zero-order valence-corrected chi connectivity index (χ0v) is 12.8. The Kier molecular flexibility index (Phi) is 4.62. The van der Waals surface area contributed by atoms with E-state index in [9.17, 15) is 4.79 Å². The molecule has 0 saturated carbocycles. The van der Waals surface area contributed by atoms with Gasteiger partial charge in [0.2, 0.25) is 0 Å². The Morgan fingerprint density at radius 2 is 2.05 bits per heavy atom. The summed E-state index contributed by atoms with van der Waals surface area (Å²) in [5, 5.41) is 7.26. The van der Waals surface area contributed by atoms with Crippen molar-refractivity contribution in [3.63, 3.8) is 0 Å². The third-order valence-corrected chi connectivity index (χ3v) is 3.47. The number of hydrogen-bond acceptors (Lipinski definition) is 3. The topological polar surface area (TPSA) is 72.9 Å². The number of carbonyl (C=O) groups excluding carboxylic acids is 1. The Morgan fingerprint density at radius 3 is 2.62 bits per heavy atom. The minimum atomic E-state index is -0.175. The second kappa shape index (κ2) is 6.43. The maximum atomic E-state index is 12.4. The fourth-order valence-corrected chi connectivity index (χ4v) is 2.44. The van der Waals surface area contributed by atoms with Crippen molar-refractivity contribution in [3.05, 3.63) is 47.3 Å². The summed E-state index contributed by atoms with van der Waals surface area (Å²) in [5.74, 6) is -0.175. The zero-order valence-electron chi connectivity index (χ0n) is 12.8. The van der Waals surface area contributed by atoms with Gasteiger partial charge in [-0.2, -0.15) is 5.10 Å². The van der Waals surface area contributed by atoms with Gasteiger partial charge in [-0.05, 0) is 25.3 Å². The highest BCUT2D eigenvalue weighted by Crippen LogP contribution is 2.17. The van der Waals surface area contributed by atoms with E-state index in [1.54, 1.807) is 11.7 Å². The largest absolute Gasteiger partial charge is 0.395 e. The molecule has 112 valence electrons. The average molecular weight is 286 g/mol. The van der Waals surface area contributed by atoms with Crippen LogP contribution >= 0.6 is 0 Å². The molecule has 0 aliphatic heterocycles. The lowest BCUT2D eigenvalue weighted by atomic mass is 10.1. The van der Waals surface area contributed by atoms with E-state index in [-0.39, 0.29) is 11.9 Å². The maximum absolute atomic E-state index is 12.4. The number of aryl methyl sites for hydroxylation is 2. The molecule has 1 amide bonds. The molecule has 0 bridgehead atoms. The summed E-state index contributed by atoms with van der Waals surface area (Å²) < 4.78 is 1.55. The van der Waals surface area contributed by atoms with Crippen LogP contribution < -0.4 is 11.1 Å². The molecule has 1 heterocycles. The van der Waals surface area contributed by atoms with Gasteiger partial charge in [0.15, 0.2) is 0 Å². The maximum Gasteiger partial charge on any atom is 0.271 e. The molecule has 0 aliphatic rings. The van der Waals surface area contributed by atoms with Crippen LogP contribution in [0, 0.1) is 0 Å². The number of nitrogens with one attached hydrogen (secondary N) is 1. The van der Waals surface area contributed by atoms with Gasteiger partial charge in [-0.25, -0.2) is 0 Å². The number of nitrogens with two attached hydrogens (primary N) is 1. The van der Waals surface area contributed by atoms with Gasteiger partial charge in [-0.15, -0.1) is 0 Å². The SMILES string of the molecule is CCc1nn(C)c(C(=O)NC(C)Cc2ccccc2)c1N. The van der Waals surface area contributed by atoms with Crippen molar-refractivity contribution in [1.29, 1.82) is 0 Å². The Bertz CT molecular complexity index is 619. The Morgan fingerprint density at radius 1 is 1.38 bits per heavy atom. The number of benzene rings is 1. The molecule has 1 aromatic heterocycles. The summed E-state index contributed by atoms with van der Waals surface area (Å²) in [4.78, 5) is 12.4. The predicted octanol–water partition coefficient (Wildman–Crippen LogP) is 1.93. The molecule has 5 heteroatoms. The number of anilines is 1. The molecule has 21 heavy (non-hydrogen) atoms. The van der Waals surface area contributed by atoms with Gasteiger partial charge < -0.3 is 11.1 Å². The van der Waals surface area contributed by atoms with E-state index in [0.29, 0.717) is 17.8 Å². The minimum Gasteiger partial charge on any atom is -0.395 e. The molecule has 0 aliphatic carbocycles. The monoisotopic (exact) mass is 286 g/mol. The molecular weight excluding hydrogens is 264 g/mol. The van der Waals surface area contributed by atoms with Crippen LogP contribution in [-0.4, -0.2) is 21.7 Å². The standard InChI is InChI=1S/C16H22N4O/c1-4-13-14(17)15(20(3)19-13)16(21)18-11(2)10-12-8-6-5-7-9-12/h5-9,11H,4,10,17H2,1-3H3,(H,18,21). The highest BCUT2D eigenvalue weighted by molar-refractivity contribution is 5.98. The lowest BCUT2D eigenvalue weighted by Gasteiger charge is -2.14. The summed E-state index contributed by atoms with van der Waals surface area (Å²) in [6.45, 7) is 3.95. The smallest absolute Gasteiger partial charge is 0.271 e. The fourth-order valence-electron chi connectivity index (χ4n) is 2.44. The van der Waals surface area contributed by atoms with E-state index >= 15 is 0 Å². The molecule has 0 radical (unpaired) electrons. The number of carbonyl (C=O) groups is 1. The highest BCUT2D eigenvalue weighted by atomic mass is 16.2. The molecule has 5 nitrogen and oxygen atoms in total. The lowest BCUT2D eigenvalue weighted by molar-refractivity contribution is 0.0931. The van der Waals surface area contributed by atoms with E-state index in [2.05, 4.69) is 22.5 Å². The van der Waals surface area contributed by atoms with Crippen LogP contribution in [0.4, 0.5) is 5.69 Å². The van der Waals surface area contributed by atoms with Gasteiger partial charge in [0.05, 0.1) is 11.4 Å². The summed E-state index contributed by atoms with van der Waals surface area (Å²) in [6.07, 6.45) is 1.50. The van der Waals surface area contributed by atoms with Crippen molar-refractivity contribution < 1.29 is 4.79 Å². The molecule has 1 atom stereocenters. The Balaban J connectivity index is 2.06. The van der Waals surface area contributed by atoms with Crippen LogP contribution in [0.25, 0.3) is 0 Å². The van der Waals surface area contributed by atoms with Crippen molar-refractivity contribution >= 4 is 11.6 Å². The fraction of sp³-hybridized carbons (Fsp3) is 0.375. The molecule has 0 spiro atoms. The van der Waals surface area contributed by atoms with Crippen molar-refractivity contribution in [3.8, 4) is 0 Å². The first-order valence-corrected chi connectivity index (χ1v) is 7.19. The van der Waals surface area contributed by atoms with Gasteiger partial charge in [-0.1, -0.05) is 37.3 Å². The second-order valence-corrected chi connectivity index (χ2v) is 5.25. The van der Waals surface area contributed by atoms with Gasteiger partial charge >= 0.3 is 0 Å². The van der Waals surface area contributed by atoms with E-state index in [0.717, 1.165) is 12.1 Å². The van der Waals surface area contributed by atoms with Crippen LogP contribution in [0.5, 0.6) is 0 Å². The van der Waals surface area contributed by atoms with Gasteiger partial charge in [0, 0.05) is 13.1 Å². The van der Waals surface area contributed by atoms with Gasteiger partial charge in [0.25, 0.3) is 5.91 Å². The molecule has 0 saturated heterocycles. The Hall–Kier alpha value is -2.30. The number of nitrogens with zero attached hydrogens (tertiary/aromatic N) is 2. The summed E-state index contributed by atoms with van der Waals surface area (Å²) in [6, 6.07) is 10.1. The lowest BCUT2D eigenvalue weighted by Crippen LogP contribution is -2.35. The first kappa shape index (κ1) is 15.1. The van der Waals surface area contributed by atoms with Crippen molar-refractivity contribution in [1.82, 2.24) is 15.1 Å². The number of rotatable bonds is 5. The van der Waals surface area contributed by atoms with Crippen LogP contribution in [-0.2, 0) is 19.9 Å². The molecule has 0 fully saturated rings. The quantitative estimate of drug-likeness (QED) is 0.882. The first-order chi connectivity index (χ1) is 10.0. The summed E-state index contributed by atoms with van der Waals surface area (Å²) in [5.41, 5.74) is 8.87. The van der Waals surface area contributed by atoms with E-state index in [4.69, 9.17) is 5.73 Å². The second-order valence-electron chi connectivity index (χ2n) is 5.25. The summed E-state index contributed by atoms with van der Waals surface area (Å²) in [7, 11) is 1.74. The molecule has 3 N–H and O–H groups in total. The number of aromatic nitrogens is 2. The Labute approximate surface area is 125 Å². The van der Waals surface area contributed by atoms with E-state index in [1.807, 2.05) is 32.0 Å². The van der Waals surface area contributed by atoms with E-state index < -0.39 is 0 Å². The van der Waals surface area contributed by atoms with Crippen LogP contribution in [0.2, 0.25) is 0 Å². The normalized spacial score (nSPS) is 12.1.